The average Bonchev–Trinajstić information content (AvgIpc) is 2.68. The maximum atomic E-state index is 5.53. The zero-order chi connectivity index (χ0) is 12.1. The molecule has 1 aromatic heterocycles. The molecule has 4 heteroatoms. The molecule has 0 saturated carbocycles. The van der Waals surface area contributed by atoms with Crippen LogP contribution in [0.25, 0.3) is 0 Å². The number of anilines is 1. The normalized spacial score (nSPS) is 20.5. The second-order valence-electron chi connectivity index (χ2n) is 4.87. The predicted octanol–water partition coefficient (Wildman–Crippen LogP) is 2.44. The minimum absolute atomic E-state index is 0.638. The second kappa shape index (κ2) is 6.05. The Labute approximate surface area is 103 Å². The number of nitrogens with one attached hydrogen (secondary N) is 1. The zero-order valence-electron chi connectivity index (χ0n) is 10.9. The molecule has 1 unspecified atom stereocenters. The molecular formula is C13H23N3O. The van der Waals surface area contributed by atoms with Crippen LogP contribution in [0, 0.1) is 12.8 Å². The molecule has 0 aromatic carbocycles. The predicted molar refractivity (Wildman–Crippen MR) is 69.3 cm³/mol. The summed E-state index contributed by atoms with van der Waals surface area (Å²) < 4.78 is 7.77. The summed E-state index contributed by atoms with van der Waals surface area (Å²) in [6, 6.07) is 0. The van der Waals surface area contributed by atoms with Crippen LogP contribution in [-0.4, -0.2) is 29.3 Å². The quantitative estimate of drug-likeness (QED) is 0.855. The molecule has 0 amide bonds. The number of hydrogen-bond acceptors (Lipinski definition) is 3. The minimum Gasteiger partial charge on any atom is -0.381 e. The summed E-state index contributed by atoms with van der Waals surface area (Å²) in [6.07, 6.45) is 5.71. The van der Waals surface area contributed by atoms with Gasteiger partial charge < -0.3 is 14.6 Å². The molecule has 0 spiro atoms. The van der Waals surface area contributed by atoms with E-state index in [-0.39, 0.29) is 0 Å². The van der Waals surface area contributed by atoms with Crippen LogP contribution in [0.4, 0.5) is 5.95 Å². The lowest BCUT2D eigenvalue weighted by atomic mass is 10.0. The van der Waals surface area contributed by atoms with Crippen molar-refractivity contribution in [2.24, 2.45) is 5.92 Å². The molecule has 4 nitrogen and oxygen atoms in total. The minimum atomic E-state index is 0.638. The van der Waals surface area contributed by atoms with E-state index in [4.69, 9.17) is 4.74 Å². The Hall–Kier alpha value is -1.03. The maximum Gasteiger partial charge on any atom is 0.203 e. The molecule has 1 saturated heterocycles. The highest BCUT2D eigenvalue weighted by Gasteiger charge is 2.16. The summed E-state index contributed by atoms with van der Waals surface area (Å²) in [5.74, 6) is 1.65. The van der Waals surface area contributed by atoms with Crippen LogP contribution < -0.4 is 5.32 Å². The van der Waals surface area contributed by atoms with E-state index in [0.29, 0.717) is 5.92 Å². The van der Waals surface area contributed by atoms with Gasteiger partial charge >= 0.3 is 0 Å². The fourth-order valence-electron chi connectivity index (χ4n) is 2.29. The van der Waals surface area contributed by atoms with Crippen LogP contribution in [0.3, 0.4) is 0 Å². The molecule has 0 aliphatic carbocycles. The van der Waals surface area contributed by atoms with E-state index in [1.54, 1.807) is 0 Å². The van der Waals surface area contributed by atoms with Crippen LogP contribution in [-0.2, 0) is 11.3 Å². The highest BCUT2D eigenvalue weighted by Crippen LogP contribution is 2.18. The summed E-state index contributed by atoms with van der Waals surface area (Å²) in [5, 5.41) is 3.38. The molecule has 96 valence electrons. The lowest BCUT2D eigenvalue weighted by Gasteiger charge is -2.23. The molecule has 1 aliphatic heterocycles. The van der Waals surface area contributed by atoms with E-state index in [2.05, 4.69) is 28.0 Å². The van der Waals surface area contributed by atoms with Gasteiger partial charge in [-0.15, -0.1) is 0 Å². The first-order valence-electron chi connectivity index (χ1n) is 6.65. The Morgan fingerprint density at radius 2 is 2.47 bits per heavy atom. The van der Waals surface area contributed by atoms with Crippen LogP contribution in [0.15, 0.2) is 6.20 Å². The fourth-order valence-corrected chi connectivity index (χ4v) is 2.29. The van der Waals surface area contributed by atoms with Crippen molar-refractivity contribution < 1.29 is 4.74 Å². The van der Waals surface area contributed by atoms with Crippen molar-refractivity contribution in [3.05, 3.63) is 11.9 Å². The Morgan fingerprint density at radius 3 is 3.18 bits per heavy atom. The van der Waals surface area contributed by atoms with Gasteiger partial charge in [0.1, 0.15) is 0 Å². The van der Waals surface area contributed by atoms with E-state index in [9.17, 15) is 0 Å². The van der Waals surface area contributed by atoms with Crippen molar-refractivity contribution in [1.29, 1.82) is 0 Å². The largest absolute Gasteiger partial charge is 0.381 e. The van der Waals surface area contributed by atoms with Gasteiger partial charge in [0, 0.05) is 31.8 Å². The van der Waals surface area contributed by atoms with Gasteiger partial charge in [-0.2, -0.15) is 0 Å². The monoisotopic (exact) mass is 237 g/mol. The number of rotatable bonds is 5. The van der Waals surface area contributed by atoms with Crippen LogP contribution in [0.5, 0.6) is 0 Å². The highest BCUT2D eigenvalue weighted by atomic mass is 16.5. The number of aromatic nitrogens is 2. The molecule has 1 atom stereocenters. The Bertz CT molecular complexity index is 342. The first-order valence-corrected chi connectivity index (χ1v) is 6.65. The summed E-state index contributed by atoms with van der Waals surface area (Å²) in [6.45, 7) is 8.04. The van der Waals surface area contributed by atoms with Crippen molar-refractivity contribution in [2.75, 3.05) is 25.1 Å². The third kappa shape index (κ3) is 3.46. The molecule has 0 bridgehead atoms. The number of nitrogens with zero attached hydrogens (tertiary/aromatic N) is 2. The molecule has 1 fully saturated rings. The fraction of sp³-hybridized carbons (Fsp3) is 0.769. The number of ether oxygens (including phenoxy) is 1. The van der Waals surface area contributed by atoms with E-state index >= 15 is 0 Å². The Morgan fingerprint density at radius 1 is 1.59 bits per heavy atom. The molecule has 1 N–H and O–H groups in total. The van der Waals surface area contributed by atoms with Gasteiger partial charge in [-0.25, -0.2) is 4.98 Å². The first-order chi connectivity index (χ1) is 8.29. The topological polar surface area (TPSA) is 39.1 Å². The first kappa shape index (κ1) is 12.4. The van der Waals surface area contributed by atoms with Crippen molar-refractivity contribution in [2.45, 2.75) is 39.7 Å². The lowest BCUT2D eigenvalue weighted by Crippen LogP contribution is -2.22. The molecule has 2 rings (SSSR count). The summed E-state index contributed by atoms with van der Waals surface area (Å²) in [7, 11) is 0. The summed E-state index contributed by atoms with van der Waals surface area (Å²) >= 11 is 0. The van der Waals surface area contributed by atoms with Crippen molar-refractivity contribution in [3.8, 4) is 0 Å². The van der Waals surface area contributed by atoms with Crippen molar-refractivity contribution in [3.63, 3.8) is 0 Å². The Balaban J connectivity index is 1.97. The van der Waals surface area contributed by atoms with Crippen LogP contribution >= 0.6 is 0 Å². The number of hydrogen-bond donors (Lipinski definition) is 1. The SMILES string of the molecule is CCCNc1nc(C)cn1CC1CCCOC1. The average molecular weight is 237 g/mol. The zero-order valence-corrected chi connectivity index (χ0v) is 10.9. The van der Waals surface area contributed by atoms with Gasteiger partial charge in [-0.1, -0.05) is 6.92 Å². The lowest BCUT2D eigenvalue weighted by molar-refractivity contribution is 0.0485. The van der Waals surface area contributed by atoms with Gasteiger partial charge in [0.05, 0.1) is 12.3 Å². The smallest absolute Gasteiger partial charge is 0.203 e. The molecule has 1 aromatic rings. The second-order valence-corrected chi connectivity index (χ2v) is 4.87. The molecule has 0 radical (unpaired) electrons. The van der Waals surface area contributed by atoms with E-state index in [1.807, 2.05) is 6.92 Å². The molecular weight excluding hydrogens is 214 g/mol. The molecule has 1 aliphatic rings. The van der Waals surface area contributed by atoms with Crippen molar-refractivity contribution in [1.82, 2.24) is 9.55 Å². The van der Waals surface area contributed by atoms with Crippen LogP contribution in [0.1, 0.15) is 31.9 Å². The van der Waals surface area contributed by atoms with Crippen LogP contribution in [0.2, 0.25) is 0 Å². The highest BCUT2D eigenvalue weighted by molar-refractivity contribution is 5.28. The summed E-state index contributed by atoms with van der Waals surface area (Å²) in [4.78, 5) is 4.52. The molecule has 17 heavy (non-hydrogen) atoms. The number of aryl methyl sites for hydroxylation is 1. The van der Waals surface area contributed by atoms with Gasteiger partial charge in [0.25, 0.3) is 0 Å². The van der Waals surface area contributed by atoms with E-state index in [0.717, 1.165) is 44.4 Å². The maximum absolute atomic E-state index is 5.53. The number of imidazole rings is 1. The third-order valence-corrected chi connectivity index (χ3v) is 3.14. The van der Waals surface area contributed by atoms with Crippen molar-refractivity contribution >= 4 is 5.95 Å². The third-order valence-electron chi connectivity index (χ3n) is 3.14. The standard InChI is InChI=1S/C13H23N3O/c1-3-6-14-13-15-11(2)8-16(13)9-12-5-4-7-17-10-12/h8,12H,3-7,9-10H2,1-2H3,(H,14,15). The van der Waals surface area contributed by atoms with E-state index < -0.39 is 0 Å². The van der Waals surface area contributed by atoms with Gasteiger partial charge in [0.2, 0.25) is 5.95 Å². The van der Waals surface area contributed by atoms with Gasteiger partial charge in [-0.05, 0) is 26.2 Å². The summed E-state index contributed by atoms with van der Waals surface area (Å²) in [5.41, 5.74) is 1.08. The Kier molecular flexibility index (Phi) is 4.42. The van der Waals surface area contributed by atoms with Gasteiger partial charge in [-0.3, -0.25) is 0 Å². The van der Waals surface area contributed by atoms with Gasteiger partial charge in [0.15, 0.2) is 0 Å². The molecule has 2 heterocycles. The van der Waals surface area contributed by atoms with E-state index in [1.165, 1.54) is 12.8 Å².